The predicted molar refractivity (Wildman–Crippen MR) is 101 cm³/mol. The molecule has 1 aliphatic heterocycles. The maximum absolute atomic E-state index is 12.2. The minimum Gasteiger partial charge on any atom is -0.487 e. The second kappa shape index (κ2) is 7.91. The molecule has 3 aromatic rings. The second-order valence-electron chi connectivity index (χ2n) is 6.38. The Hall–Kier alpha value is -3.34. The Labute approximate surface area is 158 Å². The Morgan fingerprint density at radius 1 is 1.00 bits per heavy atom. The summed E-state index contributed by atoms with van der Waals surface area (Å²) in [6, 6.07) is 23.4. The summed E-state index contributed by atoms with van der Waals surface area (Å²) in [5.41, 5.74) is 2.99. The van der Waals surface area contributed by atoms with Crippen LogP contribution in [0.15, 0.2) is 79.0 Å². The van der Waals surface area contributed by atoms with Gasteiger partial charge in [-0.3, -0.25) is 9.88 Å². The van der Waals surface area contributed by atoms with E-state index >= 15 is 0 Å². The zero-order chi connectivity index (χ0) is 18.5. The maximum atomic E-state index is 12.2. The van der Waals surface area contributed by atoms with Crippen LogP contribution < -0.4 is 4.74 Å². The Morgan fingerprint density at radius 2 is 1.78 bits per heavy atom. The number of pyridine rings is 1. The molecule has 0 aliphatic carbocycles. The van der Waals surface area contributed by atoms with Crippen LogP contribution in [0.3, 0.4) is 0 Å². The molecule has 1 amide bonds. The molecule has 0 radical (unpaired) electrons. The molecule has 0 saturated carbocycles. The molecule has 4 rings (SSSR count). The average Bonchev–Trinajstić information content (AvgIpc) is 3.09. The fourth-order valence-electron chi connectivity index (χ4n) is 3.11. The molecule has 1 atom stereocenters. The first-order valence-electron chi connectivity index (χ1n) is 8.89. The first kappa shape index (κ1) is 17.1. The van der Waals surface area contributed by atoms with E-state index in [1.54, 1.807) is 11.1 Å². The molecule has 1 aromatic heterocycles. The predicted octanol–water partition coefficient (Wildman–Crippen LogP) is 4.35. The summed E-state index contributed by atoms with van der Waals surface area (Å²) in [5.74, 6) is 0.771. The fraction of sp³-hybridized carbons (Fsp3) is 0.182. The van der Waals surface area contributed by atoms with Gasteiger partial charge in [0.15, 0.2) is 0 Å². The molecule has 1 saturated heterocycles. The van der Waals surface area contributed by atoms with Gasteiger partial charge in [-0.2, -0.15) is 0 Å². The third kappa shape index (κ3) is 4.08. The number of cyclic esters (lactones) is 1. The van der Waals surface area contributed by atoms with Crippen LogP contribution in [0.5, 0.6) is 5.75 Å². The van der Waals surface area contributed by atoms with Crippen LogP contribution in [0.2, 0.25) is 0 Å². The van der Waals surface area contributed by atoms with E-state index in [4.69, 9.17) is 9.47 Å². The lowest BCUT2D eigenvalue weighted by Crippen LogP contribution is -2.27. The van der Waals surface area contributed by atoms with Crippen LogP contribution in [0.1, 0.15) is 22.9 Å². The fourth-order valence-corrected chi connectivity index (χ4v) is 3.11. The Balaban J connectivity index is 1.40. The second-order valence-corrected chi connectivity index (χ2v) is 6.38. The number of nitrogens with zero attached hydrogens (tertiary/aromatic N) is 2. The lowest BCUT2D eigenvalue weighted by molar-refractivity contribution is 0.156. The van der Waals surface area contributed by atoms with Gasteiger partial charge in [0.05, 0.1) is 11.7 Å². The molecule has 136 valence electrons. The van der Waals surface area contributed by atoms with Crippen LogP contribution in [-0.2, 0) is 17.9 Å². The van der Waals surface area contributed by atoms with E-state index in [0.717, 1.165) is 22.6 Å². The van der Waals surface area contributed by atoms with Crippen molar-refractivity contribution in [1.82, 2.24) is 9.88 Å². The number of carbonyl (C=O) groups excluding carboxylic acids is 1. The molecular formula is C22H20N2O3. The molecule has 0 bridgehead atoms. The topological polar surface area (TPSA) is 51.7 Å². The van der Waals surface area contributed by atoms with Gasteiger partial charge in [0.2, 0.25) is 0 Å². The van der Waals surface area contributed by atoms with Gasteiger partial charge in [0.25, 0.3) is 0 Å². The zero-order valence-electron chi connectivity index (χ0n) is 14.8. The van der Waals surface area contributed by atoms with Crippen LogP contribution in [-0.4, -0.2) is 22.6 Å². The molecule has 1 aliphatic rings. The summed E-state index contributed by atoms with van der Waals surface area (Å²) in [7, 11) is 0. The first-order chi connectivity index (χ1) is 13.3. The van der Waals surface area contributed by atoms with Gasteiger partial charge in [-0.25, -0.2) is 4.79 Å². The van der Waals surface area contributed by atoms with Gasteiger partial charge < -0.3 is 9.47 Å². The van der Waals surface area contributed by atoms with Crippen molar-refractivity contribution in [3.05, 3.63) is 95.8 Å². The lowest BCUT2D eigenvalue weighted by atomic mass is 10.1. The molecular weight excluding hydrogens is 340 g/mol. The number of hydrogen-bond acceptors (Lipinski definition) is 4. The highest BCUT2D eigenvalue weighted by atomic mass is 16.6. The quantitative estimate of drug-likeness (QED) is 0.656. The van der Waals surface area contributed by atoms with Gasteiger partial charge in [0.1, 0.15) is 19.0 Å². The van der Waals surface area contributed by atoms with E-state index in [1.165, 1.54) is 0 Å². The number of benzene rings is 2. The summed E-state index contributed by atoms with van der Waals surface area (Å²) < 4.78 is 11.0. The van der Waals surface area contributed by atoms with E-state index in [0.29, 0.717) is 19.8 Å². The zero-order valence-corrected chi connectivity index (χ0v) is 14.8. The molecule has 0 spiro atoms. The first-order valence-corrected chi connectivity index (χ1v) is 8.89. The number of amides is 1. The van der Waals surface area contributed by atoms with Gasteiger partial charge in [-0.15, -0.1) is 0 Å². The molecule has 1 unspecified atom stereocenters. The van der Waals surface area contributed by atoms with Gasteiger partial charge in [-0.1, -0.05) is 48.5 Å². The van der Waals surface area contributed by atoms with E-state index in [9.17, 15) is 4.79 Å². The number of ether oxygens (including phenoxy) is 2. The summed E-state index contributed by atoms with van der Waals surface area (Å²) in [4.78, 5) is 18.2. The third-order valence-electron chi connectivity index (χ3n) is 4.55. The summed E-state index contributed by atoms with van der Waals surface area (Å²) in [5, 5.41) is 0. The minimum absolute atomic E-state index is 0.0567. The van der Waals surface area contributed by atoms with Crippen molar-refractivity contribution in [2.75, 3.05) is 6.61 Å². The van der Waals surface area contributed by atoms with Gasteiger partial charge >= 0.3 is 6.09 Å². The van der Waals surface area contributed by atoms with Crippen molar-refractivity contribution in [1.29, 1.82) is 0 Å². The number of aromatic nitrogens is 1. The van der Waals surface area contributed by atoms with Crippen molar-refractivity contribution in [2.24, 2.45) is 0 Å². The highest BCUT2D eigenvalue weighted by molar-refractivity contribution is 5.70. The standard InChI is InChI=1S/C22H20N2O3/c25-22-24(21(16-27-22)18-6-2-1-3-7-18)14-17-9-11-20(12-10-17)26-15-19-8-4-5-13-23-19/h1-13,21H,14-16H2. The minimum atomic E-state index is -0.278. The molecule has 0 N–H and O–H groups in total. The Morgan fingerprint density at radius 3 is 2.52 bits per heavy atom. The molecule has 5 nitrogen and oxygen atoms in total. The highest BCUT2D eigenvalue weighted by Gasteiger charge is 2.33. The smallest absolute Gasteiger partial charge is 0.410 e. The maximum Gasteiger partial charge on any atom is 0.410 e. The monoisotopic (exact) mass is 360 g/mol. The van der Waals surface area contributed by atoms with E-state index < -0.39 is 0 Å². The van der Waals surface area contributed by atoms with Gasteiger partial charge in [0, 0.05) is 12.7 Å². The Bertz CT molecular complexity index is 882. The van der Waals surface area contributed by atoms with E-state index in [-0.39, 0.29) is 12.1 Å². The van der Waals surface area contributed by atoms with Crippen molar-refractivity contribution < 1.29 is 14.3 Å². The third-order valence-corrected chi connectivity index (χ3v) is 4.55. The van der Waals surface area contributed by atoms with Crippen LogP contribution in [0.4, 0.5) is 4.79 Å². The normalized spacial score (nSPS) is 16.2. The molecule has 1 fully saturated rings. The molecule has 2 heterocycles. The Kier molecular flexibility index (Phi) is 5.01. The number of carbonyl (C=O) groups is 1. The van der Waals surface area contributed by atoms with Gasteiger partial charge in [-0.05, 0) is 35.4 Å². The van der Waals surface area contributed by atoms with Crippen molar-refractivity contribution in [2.45, 2.75) is 19.2 Å². The number of hydrogen-bond donors (Lipinski definition) is 0. The summed E-state index contributed by atoms with van der Waals surface area (Å²) in [6.07, 6.45) is 1.47. The van der Waals surface area contributed by atoms with Crippen molar-refractivity contribution in [3.8, 4) is 5.75 Å². The molecule has 27 heavy (non-hydrogen) atoms. The van der Waals surface area contributed by atoms with E-state index in [2.05, 4.69) is 4.98 Å². The highest BCUT2D eigenvalue weighted by Crippen LogP contribution is 2.29. The SMILES string of the molecule is O=C1OCC(c2ccccc2)N1Cc1ccc(OCc2ccccn2)cc1. The summed E-state index contributed by atoms with van der Waals surface area (Å²) in [6.45, 7) is 1.31. The van der Waals surface area contributed by atoms with Crippen molar-refractivity contribution >= 4 is 6.09 Å². The van der Waals surface area contributed by atoms with Crippen LogP contribution in [0, 0.1) is 0 Å². The average molecular weight is 360 g/mol. The van der Waals surface area contributed by atoms with Crippen LogP contribution >= 0.6 is 0 Å². The van der Waals surface area contributed by atoms with Crippen LogP contribution in [0.25, 0.3) is 0 Å². The van der Waals surface area contributed by atoms with E-state index in [1.807, 2.05) is 72.8 Å². The molecule has 2 aromatic carbocycles. The largest absolute Gasteiger partial charge is 0.487 e. The summed E-state index contributed by atoms with van der Waals surface area (Å²) >= 11 is 0. The lowest BCUT2D eigenvalue weighted by Gasteiger charge is -2.22. The molecule has 5 heteroatoms. The number of rotatable bonds is 6. The van der Waals surface area contributed by atoms with Crippen molar-refractivity contribution in [3.63, 3.8) is 0 Å².